The van der Waals surface area contributed by atoms with Gasteiger partial charge in [-0.1, -0.05) is 0 Å². The molecule has 0 amide bonds. The second kappa shape index (κ2) is 4.79. The number of aromatic nitrogens is 2. The molecule has 1 atom stereocenters. The standard InChI is InChI=1S/C12H17N5S/c1-8-3-2-5-17(8)7-10-14-11(16-13)9-4-6-18-12(9)15-10/h4,6,8H,2-3,5,7,13H2,1H3,(H,14,15,16). The molecule has 0 spiro atoms. The second-order valence-corrected chi connectivity index (χ2v) is 5.63. The van der Waals surface area contributed by atoms with Crippen molar-refractivity contribution in [2.45, 2.75) is 32.4 Å². The molecule has 0 aliphatic carbocycles. The Morgan fingerprint density at radius 1 is 1.56 bits per heavy atom. The first kappa shape index (κ1) is 11.8. The maximum absolute atomic E-state index is 5.53. The highest BCUT2D eigenvalue weighted by atomic mass is 32.1. The third-order valence-corrected chi connectivity index (χ3v) is 4.35. The molecule has 3 rings (SSSR count). The number of nitrogens with zero attached hydrogens (tertiary/aromatic N) is 3. The van der Waals surface area contributed by atoms with Crippen LogP contribution in [0.4, 0.5) is 5.82 Å². The molecule has 2 aromatic heterocycles. The molecule has 0 bridgehead atoms. The lowest BCUT2D eigenvalue weighted by Gasteiger charge is -2.20. The summed E-state index contributed by atoms with van der Waals surface area (Å²) < 4.78 is 0. The largest absolute Gasteiger partial charge is 0.308 e. The summed E-state index contributed by atoms with van der Waals surface area (Å²) in [5.41, 5.74) is 2.67. The lowest BCUT2D eigenvalue weighted by molar-refractivity contribution is 0.254. The molecule has 1 fully saturated rings. The first-order chi connectivity index (χ1) is 8.78. The predicted octanol–water partition coefficient (Wildman–Crippen LogP) is 1.96. The van der Waals surface area contributed by atoms with Crippen LogP contribution in [0.2, 0.25) is 0 Å². The fraction of sp³-hybridized carbons (Fsp3) is 0.500. The number of hydrogen-bond donors (Lipinski definition) is 2. The zero-order valence-electron chi connectivity index (χ0n) is 10.4. The van der Waals surface area contributed by atoms with Crippen molar-refractivity contribution in [3.63, 3.8) is 0 Å². The van der Waals surface area contributed by atoms with E-state index in [4.69, 9.17) is 5.84 Å². The second-order valence-electron chi connectivity index (χ2n) is 4.73. The van der Waals surface area contributed by atoms with Crippen molar-refractivity contribution >= 4 is 27.4 Å². The van der Waals surface area contributed by atoms with E-state index in [0.717, 1.165) is 34.9 Å². The smallest absolute Gasteiger partial charge is 0.152 e. The molecule has 0 saturated carbocycles. The molecule has 3 heterocycles. The maximum Gasteiger partial charge on any atom is 0.152 e. The summed E-state index contributed by atoms with van der Waals surface area (Å²) in [5, 5.41) is 3.02. The van der Waals surface area contributed by atoms with Crippen molar-refractivity contribution in [1.29, 1.82) is 0 Å². The molecule has 6 heteroatoms. The van der Waals surface area contributed by atoms with E-state index in [1.165, 1.54) is 12.8 Å². The lowest BCUT2D eigenvalue weighted by atomic mass is 10.2. The Bertz CT molecular complexity index is 552. The van der Waals surface area contributed by atoms with Gasteiger partial charge in [-0.2, -0.15) is 0 Å². The topological polar surface area (TPSA) is 67.1 Å². The Kier molecular flexibility index (Phi) is 3.15. The van der Waals surface area contributed by atoms with Gasteiger partial charge in [0.25, 0.3) is 0 Å². The van der Waals surface area contributed by atoms with Crippen LogP contribution in [0, 0.1) is 0 Å². The minimum Gasteiger partial charge on any atom is -0.308 e. The van der Waals surface area contributed by atoms with E-state index >= 15 is 0 Å². The van der Waals surface area contributed by atoms with Crippen LogP contribution in [0.15, 0.2) is 11.4 Å². The van der Waals surface area contributed by atoms with Gasteiger partial charge in [-0.3, -0.25) is 4.90 Å². The summed E-state index contributed by atoms with van der Waals surface area (Å²) in [6.07, 6.45) is 2.54. The number of likely N-dealkylation sites (tertiary alicyclic amines) is 1. The monoisotopic (exact) mass is 263 g/mol. The van der Waals surface area contributed by atoms with E-state index in [1.807, 2.05) is 11.4 Å². The number of hydrogen-bond acceptors (Lipinski definition) is 6. The van der Waals surface area contributed by atoms with E-state index in [9.17, 15) is 0 Å². The highest BCUT2D eigenvalue weighted by Gasteiger charge is 2.21. The number of hydrazine groups is 1. The van der Waals surface area contributed by atoms with Crippen LogP contribution in [0.1, 0.15) is 25.6 Å². The molecular weight excluding hydrogens is 246 g/mol. The number of anilines is 1. The molecule has 3 N–H and O–H groups in total. The Morgan fingerprint density at radius 2 is 2.44 bits per heavy atom. The highest BCUT2D eigenvalue weighted by Crippen LogP contribution is 2.25. The van der Waals surface area contributed by atoms with Gasteiger partial charge < -0.3 is 5.43 Å². The van der Waals surface area contributed by atoms with Crippen LogP contribution >= 0.6 is 11.3 Å². The molecular formula is C12H17N5S. The average Bonchev–Trinajstić information content (AvgIpc) is 2.98. The molecule has 0 aromatic carbocycles. The fourth-order valence-corrected chi connectivity index (χ4v) is 3.27. The predicted molar refractivity (Wildman–Crippen MR) is 74.3 cm³/mol. The summed E-state index contributed by atoms with van der Waals surface area (Å²) in [7, 11) is 0. The molecule has 1 aliphatic rings. The number of nitrogens with two attached hydrogens (primary N) is 1. The average molecular weight is 263 g/mol. The number of fused-ring (bicyclic) bond motifs is 1. The maximum atomic E-state index is 5.53. The number of nitrogen functional groups attached to an aromatic ring is 1. The Hall–Kier alpha value is -1.24. The van der Waals surface area contributed by atoms with Crippen LogP contribution in [-0.4, -0.2) is 27.5 Å². The number of rotatable bonds is 3. The number of nitrogens with one attached hydrogen (secondary N) is 1. The van der Waals surface area contributed by atoms with Crippen molar-refractivity contribution in [1.82, 2.24) is 14.9 Å². The van der Waals surface area contributed by atoms with E-state index in [2.05, 4.69) is 27.2 Å². The minimum atomic E-state index is 0.627. The molecule has 96 valence electrons. The Balaban J connectivity index is 1.91. The van der Waals surface area contributed by atoms with Gasteiger partial charge in [0.05, 0.1) is 11.9 Å². The molecule has 18 heavy (non-hydrogen) atoms. The van der Waals surface area contributed by atoms with Crippen molar-refractivity contribution in [2.24, 2.45) is 5.84 Å². The first-order valence-corrected chi connectivity index (χ1v) is 7.10. The minimum absolute atomic E-state index is 0.627. The van der Waals surface area contributed by atoms with Gasteiger partial charge in [-0.05, 0) is 37.8 Å². The molecule has 1 saturated heterocycles. The van der Waals surface area contributed by atoms with Crippen molar-refractivity contribution in [2.75, 3.05) is 12.0 Å². The van der Waals surface area contributed by atoms with Crippen LogP contribution in [-0.2, 0) is 6.54 Å². The Morgan fingerprint density at radius 3 is 3.17 bits per heavy atom. The molecule has 1 unspecified atom stereocenters. The van der Waals surface area contributed by atoms with Crippen molar-refractivity contribution in [3.05, 3.63) is 17.3 Å². The number of thiophene rings is 1. The summed E-state index contributed by atoms with van der Waals surface area (Å²) in [4.78, 5) is 12.5. The Labute approximate surface area is 110 Å². The third-order valence-electron chi connectivity index (χ3n) is 3.54. The molecule has 1 aliphatic heterocycles. The van der Waals surface area contributed by atoms with Gasteiger partial charge in [-0.15, -0.1) is 11.3 Å². The zero-order chi connectivity index (χ0) is 12.5. The van der Waals surface area contributed by atoms with Gasteiger partial charge in [0, 0.05) is 6.04 Å². The third kappa shape index (κ3) is 2.07. The quantitative estimate of drug-likeness (QED) is 0.654. The van der Waals surface area contributed by atoms with Crippen molar-refractivity contribution in [3.8, 4) is 0 Å². The summed E-state index contributed by atoms with van der Waals surface area (Å²) in [5.74, 6) is 7.11. The van der Waals surface area contributed by atoms with Gasteiger partial charge in [0.2, 0.25) is 0 Å². The van der Waals surface area contributed by atoms with Crippen LogP contribution in [0.25, 0.3) is 10.2 Å². The normalized spacial score (nSPS) is 20.7. The SMILES string of the molecule is CC1CCCN1Cc1nc(NN)c2ccsc2n1. The van der Waals surface area contributed by atoms with Gasteiger partial charge in [-0.25, -0.2) is 15.8 Å². The fourth-order valence-electron chi connectivity index (χ4n) is 2.49. The van der Waals surface area contributed by atoms with Crippen LogP contribution < -0.4 is 11.3 Å². The summed E-state index contributed by atoms with van der Waals surface area (Å²) >= 11 is 1.62. The zero-order valence-corrected chi connectivity index (χ0v) is 11.2. The molecule has 0 radical (unpaired) electrons. The van der Waals surface area contributed by atoms with E-state index in [-0.39, 0.29) is 0 Å². The lowest BCUT2D eigenvalue weighted by Crippen LogP contribution is -2.27. The van der Waals surface area contributed by atoms with Crippen molar-refractivity contribution < 1.29 is 0 Å². The van der Waals surface area contributed by atoms with Gasteiger partial charge in [0.15, 0.2) is 5.82 Å². The van der Waals surface area contributed by atoms with Crippen LogP contribution in [0.5, 0.6) is 0 Å². The molecule has 2 aromatic rings. The van der Waals surface area contributed by atoms with E-state index in [1.54, 1.807) is 11.3 Å². The first-order valence-electron chi connectivity index (χ1n) is 6.22. The van der Waals surface area contributed by atoms with E-state index < -0.39 is 0 Å². The highest BCUT2D eigenvalue weighted by molar-refractivity contribution is 7.16. The van der Waals surface area contributed by atoms with Gasteiger partial charge >= 0.3 is 0 Å². The molecule has 5 nitrogen and oxygen atoms in total. The van der Waals surface area contributed by atoms with Crippen LogP contribution in [0.3, 0.4) is 0 Å². The summed E-state index contributed by atoms with van der Waals surface area (Å²) in [6, 6.07) is 2.62. The van der Waals surface area contributed by atoms with E-state index in [0.29, 0.717) is 6.04 Å². The summed E-state index contributed by atoms with van der Waals surface area (Å²) in [6.45, 7) is 4.21. The van der Waals surface area contributed by atoms with Gasteiger partial charge in [0.1, 0.15) is 10.7 Å².